The van der Waals surface area contributed by atoms with Crippen LogP contribution in [0.3, 0.4) is 0 Å². The summed E-state index contributed by atoms with van der Waals surface area (Å²) >= 11 is 0. The van der Waals surface area contributed by atoms with Crippen LogP contribution >= 0.6 is 0 Å². The van der Waals surface area contributed by atoms with Crippen molar-refractivity contribution < 1.29 is 4.79 Å². The van der Waals surface area contributed by atoms with E-state index in [1.807, 2.05) is 22.9 Å². The molecular formula is C18H21N7O2. The van der Waals surface area contributed by atoms with Gasteiger partial charge in [-0.2, -0.15) is 5.10 Å². The lowest BCUT2D eigenvalue weighted by Crippen LogP contribution is -2.34. The minimum absolute atomic E-state index is 0.0681. The minimum atomic E-state index is -0.397. The molecule has 4 rings (SSSR count). The molecular weight excluding hydrogens is 346 g/mol. The largest absolute Gasteiger partial charge is 0.343 e. The number of hydrogen-bond acceptors (Lipinski definition) is 5. The lowest BCUT2D eigenvalue weighted by molar-refractivity contribution is 0.0745. The van der Waals surface area contributed by atoms with Crippen LogP contribution < -0.4 is 5.69 Å². The second kappa shape index (κ2) is 7.18. The Hall–Kier alpha value is -3.23. The maximum Gasteiger partial charge on any atom is 0.343 e. The molecule has 0 spiro atoms. The molecule has 1 aromatic carbocycles. The number of fused-ring (bicyclic) bond motifs is 1. The van der Waals surface area contributed by atoms with Gasteiger partial charge in [-0.05, 0) is 12.0 Å². The Bertz CT molecular complexity index is 977. The number of carbonyl (C=O) groups is 1. The standard InChI is InChI=1S/C18H21N7O2/c1-23-18(27)20-16(22-23)17(26)24-10-9-15-19-14(21-25(15)12-11-24)8-7-13-5-3-2-4-6-13/h2-6H,7-12H2,1H3,(H,20,22,27). The van der Waals surface area contributed by atoms with E-state index in [1.165, 1.54) is 12.6 Å². The van der Waals surface area contributed by atoms with Crippen LogP contribution in [-0.4, -0.2) is 53.4 Å². The molecule has 9 nitrogen and oxygen atoms in total. The second-order valence-corrected chi connectivity index (χ2v) is 6.60. The van der Waals surface area contributed by atoms with Gasteiger partial charge in [0.2, 0.25) is 5.82 Å². The molecule has 140 valence electrons. The van der Waals surface area contributed by atoms with Gasteiger partial charge in [0.25, 0.3) is 5.91 Å². The number of amides is 1. The first-order valence-corrected chi connectivity index (χ1v) is 8.99. The lowest BCUT2D eigenvalue weighted by atomic mass is 10.1. The average molecular weight is 367 g/mol. The van der Waals surface area contributed by atoms with E-state index in [4.69, 9.17) is 0 Å². The fourth-order valence-corrected chi connectivity index (χ4v) is 3.21. The van der Waals surface area contributed by atoms with Gasteiger partial charge in [-0.3, -0.25) is 9.78 Å². The molecule has 27 heavy (non-hydrogen) atoms. The van der Waals surface area contributed by atoms with Crippen molar-refractivity contribution in [2.24, 2.45) is 7.05 Å². The van der Waals surface area contributed by atoms with E-state index in [9.17, 15) is 9.59 Å². The van der Waals surface area contributed by atoms with E-state index < -0.39 is 5.69 Å². The van der Waals surface area contributed by atoms with Crippen molar-refractivity contribution in [2.45, 2.75) is 25.8 Å². The molecule has 0 fully saturated rings. The second-order valence-electron chi connectivity index (χ2n) is 6.60. The number of aromatic nitrogens is 6. The minimum Gasteiger partial charge on any atom is -0.334 e. The fourth-order valence-electron chi connectivity index (χ4n) is 3.21. The normalized spacial score (nSPS) is 14.0. The van der Waals surface area contributed by atoms with Crippen molar-refractivity contribution in [3.05, 3.63) is 63.9 Å². The van der Waals surface area contributed by atoms with Crippen molar-refractivity contribution in [3.8, 4) is 0 Å². The number of nitrogens with zero attached hydrogens (tertiary/aromatic N) is 6. The smallest absolute Gasteiger partial charge is 0.334 e. The van der Waals surface area contributed by atoms with Crippen LogP contribution in [0.4, 0.5) is 0 Å². The molecule has 1 aliphatic rings. The number of aromatic amines is 1. The Morgan fingerprint density at radius 1 is 1.11 bits per heavy atom. The van der Waals surface area contributed by atoms with Gasteiger partial charge in [0.15, 0.2) is 5.82 Å². The molecule has 0 saturated carbocycles. The highest BCUT2D eigenvalue weighted by atomic mass is 16.2. The van der Waals surface area contributed by atoms with Gasteiger partial charge in [-0.25, -0.2) is 19.1 Å². The summed E-state index contributed by atoms with van der Waals surface area (Å²) in [6.07, 6.45) is 2.32. The SMILES string of the molecule is Cn1nc(C(=O)N2CCc3nc(CCc4ccccc4)nn3CC2)[nH]c1=O. The fraction of sp³-hybridized carbons (Fsp3) is 0.389. The maximum absolute atomic E-state index is 12.5. The van der Waals surface area contributed by atoms with Gasteiger partial charge in [0, 0.05) is 33.0 Å². The Morgan fingerprint density at radius 2 is 1.93 bits per heavy atom. The molecule has 3 heterocycles. The Kier molecular flexibility index (Phi) is 4.57. The Morgan fingerprint density at radius 3 is 2.67 bits per heavy atom. The number of H-pyrrole nitrogens is 1. The number of benzene rings is 1. The number of nitrogens with one attached hydrogen (secondary N) is 1. The van der Waals surface area contributed by atoms with Crippen molar-refractivity contribution in [1.29, 1.82) is 0 Å². The molecule has 0 bridgehead atoms. The summed E-state index contributed by atoms with van der Waals surface area (Å²) in [4.78, 5) is 32.8. The molecule has 0 radical (unpaired) electrons. The van der Waals surface area contributed by atoms with Gasteiger partial charge in [-0.1, -0.05) is 30.3 Å². The highest BCUT2D eigenvalue weighted by Gasteiger charge is 2.24. The van der Waals surface area contributed by atoms with Crippen LogP contribution in [0, 0.1) is 0 Å². The Balaban J connectivity index is 1.40. The van der Waals surface area contributed by atoms with E-state index in [0.717, 1.165) is 29.2 Å². The first-order chi connectivity index (χ1) is 13.1. The van der Waals surface area contributed by atoms with Crippen molar-refractivity contribution >= 4 is 5.91 Å². The predicted octanol–water partition coefficient (Wildman–Crippen LogP) is 0.184. The molecule has 0 atom stereocenters. The first-order valence-electron chi connectivity index (χ1n) is 8.99. The third kappa shape index (κ3) is 3.67. The van der Waals surface area contributed by atoms with Crippen molar-refractivity contribution in [3.63, 3.8) is 0 Å². The van der Waals surface area contributed by atoms with Gasteiger partial charge in [0.05, 0.1) is 6.54 Å². The lowest BCUT2D eigenvalue weighted by Gasteiger charge is -2.17. The monoisotopic (exact) mass is 367 g/mol. The molecule has 1 aliphatic heterocycles. The van der Waals surface area contributed by atoms with Crippen LogP contribution in [0.15, 0.2) is 35.1 Å². The summed E-state index contributed by atoms with van der Waals surface area (Å²) in [5.74, 6) is 1.52. The maximum atomic E-state index is 12.5. The van der Waals surface area contributed by atoms with Gasteiger partial charge >= 0.3 is 5.69 Å². The summed E-state index contributed by atoms with van der Waals surface area (Å²) in [6.45, 7) is 1.61. The highest BCUT2D eigenvalue weighted by Crippen LogP contribution is 2.11. The summed E-state index contributed by atoms with van der Waals surface area (Å²) in [7, 11) is 1.51. The van der Waals surface area contributed by atoms with Crippen LogP contribution in [0.1, 0.15) is 27.8 Å². The summed E-state index contributed by atoms with van der Waals surface area (Å²) in [6, 6.07) is 10.3. The molecule has 1 N–H and O–H groups in total. The third-order valence-electron chi connectivity index (χ3n) is 4.72. The number of aryl methyl sites for hydroxylation is 3. The molecule has 0 unspecified atom stereocenters. The number of hydrogen-bond donors (Lipinski definition) is 1. The highest BCUT2D eigenvalue weighted by molar-refractivity contribution is 5.90. The van der Waals surface area contributed by atoms with Crippen LogP contribution in [0.25, 0.3) is 0 Å². The molecule has 1 amide bonds. The van der Waals surface area contributed by atoms with E-state index >= 15 is 0 Å². The first kappa shape index (κ1) is 17.2. The zero-order chi connectivity index (χ0) is 18.8. The third-order valence-corrected chi connectivity index (χ3v) is 4.72. The van der Waals surface area contributed by atoms with Crippen LogP contribution in [0.5, 0.6) is 0 Å². The zero-order valence-electron chi connectivity index (χ0n) is 15.1. The number of rotatable bonds is 4. The van der Waals surface area contributed by atoms with E-state index in [1.54, 1.807) is 4.90 Å². The summed E-state index contributed by atoms with van der Waals surface area (Å²) in [5.41, 5.74) is 0.870. The van der Waals surface area contributed by atoms with E-state index in [0.29, 0.717) is 26.1 Å². The average Bonchev–Trinajstić information content (AvgIpc) is 3.17. The quantitative estimate of drug-likeness (QED) is 0.709. The zero-order valence-corrected chi connectivity index (χ0v) is 15.1. The van der Waals surface area contributed by atoms with Crippen LogP contribution in [-0.2, 0) is 32.9 Å². The van der Waals surface area contributed by atoms with Gasteiger partial charge in [0.1, 0.15) is 5.82 Å². The Labute approximate surface area is 155 Å². The van der Waals surface area contributed by atoms with Gasteiger partial charge < -0.3 is 4.90 Å². The van der Waals surface area contributed by atoms with E-state index in [2.05, 4.69) is 32.3 Å². The van der Waals surface area contributed by atoms with Crippen LogP contribution in [0.2, 0.25) is 0 Å². The van der Waals surface area contributed by atoms with Crippen molar-refractivity contribution in [2.75, 3.05) is 13.1 Å². The predicted molar refractivity (Wildman–Crippen MR) is 97.3 cm³/mol. The van der Waals surface area contributed by atoms with Crippen molar-refractivity contribution in [1.82, 2.24) is 34.4 Å². The van der Waals surface area contributed by atoms with Gasteiger partial charge in [-0.15, -0.1) is 5.10 Å². The summed E-state index contributed by atoms with van der Waals surface area (Å²) in [5, 5.41) is 8.54. The van der Waals surface area contributed by atoms with E-state index in [-0.39, 0.29) is 11.7 Å². The molecule has 0 saturated heterocycles. The molecule has 2 aromatic heterocycles. The summed E-state index contributed by atoms with van der Waals surface area (Å²) < 4.78 is 3.01. The number of carbonyl (C=O) groups excluding carboxylic acids is 1. The molecule has 3 aromatic rings. The topological polar surface area (TPSA) is 102 Å². The molecule has 9 heteroatoms. The molecule has 0 aliphatic carbocycles.